The van der Waals surface area contributed by atoms with Crippen LogP contribution in [0.2, 0.25) is 0 Å². The van der Waals surface area contributed by atoms with Crippen LogP contribution in [-0.2, 0) is 16.0 Å². The van der Waals surface area contributed by atoms with Crippen LogP contribution < -0.4 is 21.1 Å². The molecule has 1 heterocycles. The molecule has 0 spiro atoms. The van der Waals surface area contributed by atoms with Gasteiger partial charge in [0.15, 0.2) is 5.13 Å². The van der Waals surface area contributed by atoms with Crippen LogP contribution in [-0.4, -0.2) is 23.9 Å². The van der Waals surface area contributed by atoms with Crippen LogP contribution in [0, 0.1) is 5.92 Å². The minimum Gasteiger partial charge on any atom is -0.495 e. The van der Waals surface area contributed by atoms with Gasteiger partial charge in [-0.05, 0) is 18.2 Å². The summed E-state index contributed by atoms with van der Waals surface area (Å²) >= 11 is 1.29. The van der Waals surface area contributed by atoms with Gasteiger partial charge in [-0.25, -0.2) is 4.98 Å². The van der Waals surface area contributed by atoms with E-state index < -0.39 is 0 Å². The second kappa shape index (κ2) is 10.8. The third kappa shape index (κ3) is 6.70. The first-order valence-electron chi connectivity index (χ1n) is 7.37. The number of anilines is 3. The van der Waals surface area contributed by atoms with Crippen molar-refractivity contribution in [3.63, 3.8) is 0 Å². The lowest BCUT2D eigenvalue weighted by molar-refractivity contribution is -0.119. The Hall–Kier alpha value is -2.03. The largest absolute Gasteiger partial charge is 0.495 e. The number of hydrogen-bond acceptors (Lipinski definition) is 6. The van der Waals surface area contributed by atoms with Crippen LogP contribution in [0.3, 0.4) is 0 Å². The molecule has 1 aromatic heterocycles. The van der Waals surface area contributed by atoms with Crippen molar-refractivity contribution in [3.05, 3.63) is 29.3 Å². The zero-order valence-electron chi connectivity index (χ0n) is 14.6. The lowest BCUT2D eigenvalue weighted by atomic mass is 10.2. The Bertz CT molecular complexity index is 753. The molecule has 0 saturated carbocycles. The van der Waals surface area contributed by atoms with E-state index in [0.29, 0.717) is 27.9 Å². The molecule has 2 aromatic rings. The smallest absolute Gasteiger partial charge is 0.230 e. The van der Waals surface area contributed by atoms with Crippen LogP contribution in [0.15, 0.2) is 23.6 Å². The van der Waals surface area contributed by atoms with Crippen LogP contribution >= 0.6 is 36.2 Å². The van der Waals surface area contributed by atoms with E-state index in [4.69, 9.17) is 10.5 Å². The highest BCUT2D eigenvalue weighted by Gasteiger charge is 2.12. The number of rotatable bonds is 6. The number of benzene rings is 1. The first-order chi connectivity index (χ1) is 11.4. The summed E-state index contributed by atoms with van der Waals surface area (Å²) in [5.41, 5.74) is 7.43. The molecule has 26 heavy (non-hydrogen) atoms. The van der Waals surface area contributed by atoms with Crippen molar-refractivity contribution in [2.75, 3.05) is 23.5 Å². The first-order valence-corrected chi connectivity index (χ1v) is 8.25. The van der Waals surface area contributed by atoms with Gasteiger partial charge < -0.3 is 21.1 Å². The fourth-order valence-electron chi connectivity index (χ4n) is 1.88. The van der Waals surface area contributed by atoms with Crippen molar-refractivity contribution >= 4 is 64.5 Å². The molecule has 4 N–H and O–H groups in total. The second-order valence-electron chi connectivity index (χ2n) is 5.47. The van der Waals surface area contributed by atoms with Gasteiger partial charge in [-0.1, -0.05) is 13.8 Å². The maximum absolute atomic E-state index is 12.1. The Balaban J connectivity index is 0.00000312. The van der Waals surface area contributed by atoms with Crippen molar-refractivity contribution in [1.29, 1.82) is 0 Å². The molecule has 0 aliphatic heterocycles. The molecule has 0 atom stereocenters. The van der Waals surface area contributed by atoms with Crippen molar-refractivity contribution in [2.24, 2.45) is 5.92 Å². The van der Waals surface area contributed by atoms with Crippen molar-refractivity contribution in [2.45, 2.75) is 20.3 Å². The highest BCUT2D eigenvalue weighted by Crippen LogP contribution is 2.24. The minimum absolute atomic E-state index is 0. The van der Waals surface area contributed by atoms with Gasteiger partial charge in [-0.3, -0.25) is 9.59 Å². The molecule has 7 nitrogen and oxygen atoms in total. The number of halogens is 2. The third-order valence-corrected chi connectivity index (χ3v) is 3.97. The summed E-state index contributed by atoms with van der Waals surface area (Å²) in [5, 5.41) is 7.70. The number of methoxy groups -OCH3 is 1. The van der Waals surface area contributed by atoms with E-state index in [9.17, 15) is 9.59 Å². The molecule has 1 aromatic carbocycles. The summed E-state index contributed by atoms with van der Waals surface area (Å²) in [7, 11) is 1.53. The van der Waals surface area contributed by atoms with Gasteiger partial charge in [0, 0.05) is 17.0 Å². The van der Waals surface area contributed by atoms with E-state index in [2.05, 4.69) is 15.6 Å². The van der Waals surface area contributed by atoms with Gasteiger partial charge in [-0.2, -0.15) is 0 Å². The number of nitrogens with one attached hydrogen (secondary N) is 2. The lowest BCUT2D eigenvalue weighted by Gasteiger charge is -2.08. The SMILES string of the molecule is COc1ccc(NC(=O)Cc2csc(NC(=O)C(C)C)n2)cc1N.Cl.Cl. The molecule has 0 aliphatic carbocycles. The average Bonchev–Trinajstić information content (AvgIpc) is 2.94. The summed E-state index contributed by atoms with van der Waals surface area (Å²) in [6.07, 6.45) is 0.111. The van der Waals surface area contributed by atoms with Gasteiger partial charge in [0.05, 0.1) is 24.9 Å². The second-order valence-corrected chi connectivity index (χ2v) is 6.33. The maximum Gasteiger partial charge on any atom is 0.230 e. The van der Waals surface area contributed by atoms with E-state index in [0.717, 1.165) is 0 Å². The van der Waals surface area contributed by atoms with Crippen LogP contribution in [0.1, 0.15) is 19.5 Å². The monoisotopic (exact) mass is 420 g/mol. The topological polar surface area (TPSA) is 106 Å². The highest BCUT2D eigenvalue weighted by molar-refractivity contribution is 7.13. The molecule has 10 heteroatoms. The van der Waals surface area contributed by atoms with Gasteiger partial charge >= 0.3 is 0 Å². The number of nitrogens with two attached hydrogens (primary N) is 1. The van der Waals surface area contributed by atoms with E-state index in [1.54, 1.807) is 37.4 Å². The van der Waals surface area contributed by atoms with Gasteiger partial charge in [0.2, 0.25) is 11.8 Å². The van der Waals surface area contributed by atoms with Gasteiger partial charge in [0.25, 0.3) is 0 Å². The fraction of sp³-hybridized carbons (Fsp3) is 0.312. The molecular formula is C16H22Cl2N4O3S. The number of amides is 2. The van der Waals surface area contributed by atoms with Crippen molar-refractivity contribution < 1.29 is 14.3 Å². The summed E-state index contributed by atoms with van der Waals surface area (Å²) in [6, 6.07) is 5.03. The molecule has 144 valence electrons. The summed E-state index contributed by atoms with van der Waals surface area (Å²) in [5.74, 6) is 0.111. The van der Waals surface area contributed by atoms with Gasteiger partial charge in [0.1, 0.15) is 5.75 Å². The normalized spacial score (nSPS) is 9.69. The predicted octanol–water partition coefficient (Wildman–Crippen LogP) is 3.35. The molecule has 0 radical (unpaired) electrons. The zero-order chi connectivity index (χ0) is 17.7. The zero-order valence-corrected chi connectivity index (χ0v) is 17.0. The first kappa shape index (κ1) is 24.0. The standard InChI is InChI=1S/C16H20N4O3S.2ClH/c1-9(2)15(22)20-16-19-11(8-24-16)7-14(21)18-10-4-5-13(23-3)12(17)6-10;;/h4-6,8-9H,7,17H2,1-3H3,(H,18,21)(H,19,20,22);2*1H. The van der Waals surface area contributed by atoms with Crippen LogP contribution in [0.25, 0.3) is 0 Å². The Morgan fingerprint density at radius 3 is 2.54 bits per heavy atom. The number of nitrogen functional groups attached to an aromatic ring is 1. The van der Waals surface area contributed by atoms with E-state index >= 15 is 0 Å². The molecule has 0 fully saturated rings. The predicted molar refractivity (Wildman–Crippen MR) is 110 cm³/mol. The van der Waals surface area contributed by atoms with Gasteiger partial charge in [-0.15, -0.1) is 36.2 Å². The highest BCUT2D eigenvalue weighted by atomic mass is 35.5. The summed E-state index contributed by atoms with van der Waals surface area (Å²) in [4.78, 5) is 27.9. The Morgan fingerprint density at radius 2 is 1.96 bits per heavy atom. The molecular weight excluding hydrogens is 399 g/mol. The third-order valence-electron chi connectivity index (χ3n) is 3.16. The number of ether oxygens (including phenoxy) is 1. The molecule has 2 amide bonds. The number of nitrogens with zero attached hydrogens (tertiary/aromatic N) is 1. The number of aromatic nitrogens is 1. The number of carbonyl (C=O) groups is 2. The maximum atomic E-state index is 12.1. The molecule has 0 saturated heterocycles. The van der Waals surface area contributed by atoms with Crippen molar-refractivity contribution in [3.8, 4) is 5.75 Å². The molecule has 0 unspecified atom stereocenters. The van der Waals surface area contributed by atoms with Crippen LogP contribution in [0.4, 0.5) is 16.5 Å². The summed E-state index contributed by atoms with van der Waals surface area (Å²) < 4.78 is 5.07. The minimum atomic E-state index is -0.216. The number of thiazole rings is 1. The fourth-order valence-corrected chi connectivity index (χ4v) is 2.59. The van der Waals surface area contributed by atoms with E-state index in [-0.39, 0.29) is 49.0 Å². The Morgan fingerprint density at radius 1 is 1.27 bits per heavy atom. The quantitative estimate of drug-likeness (QED) is 0.621. The van der Waals surface area contributed by atoms with Crippen LogP contribution in [0.5, 0.6) is 5.75 Å². The summed E-state index contributed by atoms with van der Waals surface area (Å²) in [6.45, 7) is 3.61. The molecule has 2 rings (SSSR count). The van der Waals surface area contributed by atoms with Crippen molar-refractivity contribution in [1.82, 2.24) is 4.98 Å². The number of hydrogen-bond donors (Lipinski definition) is 3. The average molecular weight is 421 g/mol. The molecule has 0 aliphatic rings. The Labute approximate surface area is 168 Å². The van der Waals surface area contributed by atoms with E-state index in [1.165, 1.54) is 18.4 Å². The van der Waals surface area contributed by atoms with E-state index in [1.807, 2.05) is 0 Å². The number of carbonyl (C=O) groups excluding carboxylic acids is 2. The Kier molecular flexibility index (Phi) is 10.0. The molecule has 0 bridgehead atoms. The lowest BCUT2D eigenvalue weighted by Crippen LogP contribution is -2.18.